The van der Waals surface area contributed by atoms with Crippen LogP contribution in [0.15, 0.2) is 0 Å². The van der Waals surface area contributed by atoms with Gasteiger partial charge < -0.3 is 10.6 Å². The van der Waals surface area contributed by atoms with Gasteiger partial charge in [0.2, 0.25) is 0 Å². The van der Waals surface area contributed by atoms with Crippen molar-refractivity contribution >= 4 is 0 Å². The Kier molecular flexibility index (Phi) is 6.61. The van der Waals surface area contributed by atoms with Gasteiger partial charge in [0.05, 0.1) is 0 Å². The zero-order valence-corrected chi connectivity index (χ0v) is 12.9. The molecule has 0 aromatic heterocycles. The van der Waals surface area contributed by atoms with Gasteiger partial charge in [0.25, 0.3) is 0 Å². The number of likely N-dealkylation sites (N-methyl/N-ethyl adjacent to an activating group) is 2. The number of nitrogens with two attached hydrogens (primary N) is 1. The van der Waals surface area contributed by atoms with Crippen molar-refractivity contribution < 1.29 is 0 Å². The van der Waals surface area contributed by atoms with E-state index < -0.39 is 0 Å². The van der Waals surface area contributed by atoms with Gasteiger partial charge in [-0.1, -0.05) is 26.7 Å². The van der Waals surface area contributed by atoms with Gasteiger partial charge >= 0.3 is 0 Å². The maximum absolute atomic E-state index is 6.17. The Morgan fingerprint density at radius 2 is 1.89 bits per heavy atom. The van der Waals surface area contributed by atoms with Gasteiger partial charge in [0.15, 0.2) is 0 Å². The third kappa shape index (κ3) is 3.69. The standard InChI is InChI=1S/C15H33N3/c1-5-9-15(13-16,10-6-2)18(4)14-8-7-11-17(3)12-14/h14H,5-13,16H2,1-4H3. The quantitative estimate of drug-likeness (QED) is 0.758. The number of rotatable bonds is 7. The summed E-state index contributed by atoms with van der Waals surface area (Å²) in [5.41, 5.74) is 6.40. The van der Waals surface area contributed by atoms with Crippen LogP contribution in [0, 0.1) is 0 Å². The molecule has 0 aromatic carbocycles. The Balaban J connectivity index is 2.76. The maximum atomic E-state index is 6.17. The first-order valence-electron chi connectivity index (χ1n) is 7.71. The molecule has 1 atom stereocenters. The normalized spacial score (nSPS) is 22.7. The summed E-state index contributed by atoms with van der Waals surface area (Å²) >= 11 is 0. The molecule has 0 bridgehead atoms. The van der Waals surface area contributed by atoms with Crippen LogP contribution in [0.3, 0.4) is 0 Å². The zero-order valence-electron chi connectivity index (χ0n) is 12.9. The highest BCUT2D eigenvalue weighted by atomic mass is 15.3. The first kappa shape index (κ1) is 15.9. The molecule has 2 N–H and O–H groups in total. The van der Waals surface area contributed by atoms with Crippen molar-refractivity contribution in [3.8, 4) is 0 Å². The Morgan fingerprint density at radius 1 is 1.28 bits per heavy atom. The van der Waals surface area contributed by atoms with Crippen LogP contribution in [-0.4, -0.2) is 55.1 Å². The van der Waals surface area contributed by atoms with E-state index >= 15 is 0 Å². The van der Waals surface area contributed by atoms with Gasteiger partial charge in [-0.3, -0.25) is 4.90 Å². The smallest absolute Gasteiger partial charge is 0.0331 e. The van der Waals surface area contributed by atoms with Crippen LogP contribution in [0.2, 0.25) is 0 Å². The van der Waals surface area contributed by atoms with Crippen molar-refractivity contribution in [3.05, 3.63) is 0 Å². The van der Waals surface area contributed by atoms with Crippen molar-refractivity contribution in [1.82, 2.24) is 9.80 Å². The van der Waals surface area contributed by atoms with E-state index in [1.165, 1.54) is 51.6 Å². The first-order valence-corrected chi connectivity index (χ1v) is 7.71. The molecule has 1 fully saturated rings. The molecule has 18 heavy (non-hydrogen) atoms. The van der Waals surface area contributed by atoms with Gasteiger partial charge in [-0.25, -0.2) is 0 Å². The molecule has 1 aliphatic rings. The highest BCUT2D eigenvalue weighted by Crippen LogP contribution is 2.29. The molecule has 3 heteroatoms. The van der Waals surface area contributed by atoms with Crippen molar-refractivity contribution in [3.63, 3.8) is 0 Å². The van der Waals surface area contributed by atoms with E-state index in [-0.39, 0.29) is 5.54 Å². The van der Waals surface area contributed by atoms with Gasteiger partial charge in [-0.05, 0) is 46.3 Å². The lowest BCUT2D eigenvalue weighted by atomic mass is 9.85. The molecule has 1 unspecified atom stereocenters. The lowest BCUT2D eigenvalue weighted by Crippen LogP contribution is -2.59. The third-order valence-electron chi connectivity index (χ3n) is 4.71. The van der Waals surface area contributed by atoms with E-state index in [1.807, 2.05) is 0 Å². The summed E-state index contributed by atoms with van der Waals surface area (Å²) in [6.45, 7) is 7.81. The van der Waals surface area contributed by atoms with E-state index in [4.69, 9.17) is 5.73 Å². The Morgan fingerprint density at radius 3 is 2.33 bits per heavy atom. The summed E-state index contributed by atoms with van der Waals surface area (Å²) in [5.74, 6) is 0. The molecule has 0 saturated carbocycles. The van der Waals surface area contributed by atoms with E-state index in [0.29, 0.717) is 6.04 Å². The lowest BCUT2D eigenvalue weighted by molar-refractivity contribution is 0.0259. The summed E-state index contributed by atoms with van der Waals surface area (Å²) < 4.78 is 0. The van der Waals surface area contributed by atoms with Crippen LogP contribution in [0.5, 0.6) is 0 Å². The van der Waals surface area contributed by atoms with Crippen molar-refractivity contribution in [2.75, 3.05) is 33.7 Å². The average Bonchev–Trinajstić information content (AvgIpc) is 2.37. The fourth-order valence-corrected chi connectivity index (χ4v) is 3.60. The molecule has 0 aromatic rings. The minimum absolute atomic E-state index is 0.229. The van der Waals surface area contributed by atoms with Gasteiger partial charge in [0.1, 0.15) is 0 Å². The van der Waals surface area contributed by atoms with Crippen molar-refractivity contribution in [1.29, 1.82) is 0 Å². The maximum Gasteiger partial charge on any atom is 0.0331 e. The highest BCUT2D eigenvalue weighted by Gasteiger charge is 2.36. The molecule has 0 radical (unpaired) electrons. The number of hydrogen-bond acceptors (Lipinski definition) is 3. The minimum Gasteiger partial charge on any atom is -0.329 e. The molecule has 0 spiro atoms. The summed E-state index contributed by atoms with van der Waals surface area (Å²) in [7, 11) is 4.55. The predicted molar refractivity (Wildman–Crippen MR) is 79.9 cm³/mol. The van der Waals surface area contributed by atoms with Gasteiger partial charge in [-0.15, -0.1) is 0 Å². The first-order chi connectivity index (χ1) is 8.59. The summed E-state index contributed by atoms with van der Waals surface area (Å²) in [5, 5.41) is 0. The SMILES string of the molecule is CCCC(CN)(CCC)N(C)C1CCCN(C)C1. The molecular formula is C15H33N3. The Labute approximate surface area is 114 Å². The fraction of sp³-hybridized carbons (Fsp3) is 1.00. The molecule has 1 aliphatic heterocycles. The summed E-state index contributed by atoms with van der Waals surface area (Å²) in [6, 6.07) is 0.686. The molecule has 0 aliphatic carbocycles. The summed E-state index contributed by atoms with van der Waals surface area (Å²) in [4.78, 5) is 5.08. The van der Waals surface area contributed by atoms with Crippen molar-refractivity contribution in [2.45, 2.75) is 64.0 Å². The monoisotopic (exact) mass is 255 g/mol. The van der Waals surface area contributed by atoms with Gasteiger partial charge in [-0.2, -0.15) is 0 Å². The number of piperidine rings is 1. The second-order valence-electron chi connectivity index (χ2n) is 6.10. The predicted octanol–water partition coefficient (Wildman–Crippen LogP) is 2.31. The van der Waals surface area contributed by atoms with E-state index in [2.05, 4.69) is 37.7 Å². The lowest BCUT2D eigenvalue weighted by Gasteiger charge is -2.48. The molecule has 3 nitrogen and oxygen atoms in total. The topological polar surface area (TPSA) is 32.5 Å². The molecule has 108 valence electrons. The third-order valence-corrected chi connectivity index (χ3v) is 4.71. The van der Waals surface area contributed by atoms with Crippen LogP contribution in [0.4, 0.5) is 0 Å². The molecular weight excluding hydrogens is 222 g/mol. The average molecular weight is 255 g/mol. The molecule has 1 saturated heterocycles. The number of nitrogens with zero attached hydrogens (tertiary/aromatic N) is 2. The fourth-order valence-electron chi connectivity index (χ4n) is 3.60. The Bertz CT molecular complexity index is 224. The second-order valence-corrected chi connectivity index (χ2v) is 6.10. The second kappa shape index (κ2) is 7.46. The largest absolute Gasteiger partial charge is 0.329 e. The zero-order chi connectivity index (χ0) is 13.6. The van der Waals surface area contributed by atoms with Crippen LogP contribution >= 0.6 is 0 Å². The van der Waals surface area contributed by atoms with E-state index in [0.717, 1.165) is 6.54 Å². The molecule has 1 rings (SSSR count). The van der Waals surface area contributed by atoms with E-state index in [1.54, 1.807) is 0 Å². The molecule has 1 heterocycles. The molecule has 0 amide bonds. The highest BCUT2D eigenvalue weighted by molar-refractivity contribution is 4.94. The van der Waals surface area contributed by atoms with Crippen LogP contribution < -0.4 is 5.73 Å². The number of hydrogen-bond donors (Lipinski definition) is 1. The van der Waals surface area contributed by atoms with Crippen LogP contribution in [0.1, 0.15) is 52.4 Å². The van der Waals surface area contributed by atoms with Crippen LogP contribution in [0.25, 0.3) is 0 Å². The van der Waals surface area contributed by atoms with Crippen molar-refractivity contribution in [2.24, 2.45) is 5.73 Å². The summed E-state index contributed by atoms with van der Waals surface area (Å²) in [6.07, 6.45) is 7.57. The van der Waals surface area contributed by atoms with Gasteiger partial charge in [0, 0.05) is 24.7 Å². The minimum atomic E-state index is 0.229. The van der Waals surface area contributed by atoms with E-state index in [9.17, 15) is 0 Å². The number of likely N-dealkylation sites (tertiary alicyclic amines) is 1. The Hall–Kier alpha value is -0.120. The van der Waals surface area contributed by atoms with Crippen LogP contribution in [-0.2, 0) is 0 Å².